The van der Waals surface area contributed by atoms with Gasteiger partial charge < -0.3 is 20.8 Å². The zero-order chi connectivity index (χ0) is 12.6. The van der Waals surface area contributed by atoms with E-state index >= 15 is 0 Å². The first-order chi connectivity index (χ1) is 7.88. The Morgan fingerprint density at radius 2 is 2.24 bits per heavy atom. The molecule has 1 aromatic rings. The average molecular weight is 238 g/mol. The molecule has 7 heteroatoms. The van der Waals surface area contributed by atoms with Gasteiger partial charge in [0.15, 0.2) is 11.7 Å². The van der Waals surface area contributed by atoms with E-state index in [-0.39, 0.29) is 24.1 Å². The van der Waals surface area contributed by atoms with Crippen molar-refractivity contribution in [1.29, 1.82) is 0 Å². The van der Waals surface area contributed by atoms with E-state index in [4.69, 9.17) is 10.2 Å². The van der Waals surface area contributed by atoms with Crippen molar-refractivity contribution in [1.82, 2.24) is 15.6 Å². The molecule has 0 bridgehead atoms. The number of nitrogens with one attached hydrogen (secondary N) is 2. The van der Waals surface area contributed by atoms with Gasteiger partial charge in [0.2, 0.25) is 11.8 Å². The van der Waals surface area contributed by atoms with Crippen LogP contribution in [0.2, 0.25) is 0 Å². The number of hydrogen-bond acceptors (Lipinski definition) is 5. The quantitative estimate of drug-likeness (QED) is 0.624. The highest BCUT2D eigenvalue weighted by atomic mass is 16.3. The number of piperazine rings is 1. The minimum atomic E-state index is -0.886. The molecule has 1 atom stereocenters. The van der Waals surface area contributed by atoms with Crippen LogP contribution in [0.1, 0.15) is 19.7 Å². The fourth-order valence-corrected chi connectivity index (χ4v) is 1.59. The lowest BCUT2D eigenvalue weighted by molar-refractivity contribution is -0.140. The van der Waals surface area contributed by atoms with Gasteiger partial charge in [0.25, 0.3) is 0 Å². The third-order valence-electron chi connectivity index (χ3n) is 2.57. The smallest absolute Gasteiger partial charge is 0.245 e. The normalized spacial score (nSPS) is 23.1. The summed E-state index contributed by atoms with van der Waals surface area (Å²) in [5.74, 6) is 0.0820. The number of nitrogen functional groups attached to an aromatic ring is 1. The van der Waals surface area contributed by atoms with Crippen LogP contribution < -0.4 is 16.4 Å². The van der Waals surface area contributed by atoms with Gasteiger partial charge in [-0.2, -0.15) is 4.98 Å². The van der Waals surface area contributed by atoms with Gasteiger partial charge in [0.05, 0.1) is 6.42 Å². The van der Waals surface area contributed by atoms with Gasteiger partial charge in [0, 0.05) is 0 Å². The summed E-state index contributed by atoms with van der Waals surface area (Å²) in [6.07, 6.45) is 1.48. The number of carbonyl (C=O) groups excluding carboxylic acids is 2. The molecule has 92 valence electrons. The molecular formula is C10H14N4O3. The van der Waals surface area contributed by atoms with Crippen LogP contribution in [0.25, 0.3) is 0 Å². The molecule has 17 heavy (non-hydrogen) atoms. The SMILES string of the molecule is CC1(C)NC(=O)C(Cc2nc(N)co2)NC1=O. The second-order valence-electron chi connectivity index (χ2n) is 4.51. The molecule has 2 amide bonds. The van der Waals surface area contributed by atoms with Gasteiger partial charge in [0.1, 0.15) is 17.8 Å². The maximum atomic E-state index is 11.7. The molecule has 1 aromatic heterocycles. The Bertz CT molecular complexity index is 466. The number of hydrogen-bond donors (Lipinski definition) is 3. The predicted octanol–water partition coefficient (Wildman–Crippen LogP) is -0.807. The Balaban J connectivity index is 2.08. The maximum Gasteiger partial charge on any atom is 0.245 e. The van der Waals surface area contributed by atoms with Crippen molar-refractivity contribution in [2.45, 2.75) is 31.8 Å². The van der Waals surface area contributed by atoms with Crippen LogP contribution in [0.15, 0.2) is 10.7 Å². The lowest BCUT2D eigenvalue weighted by atomic mass is 9.98. The summed E-state index contributed by atoms with van der Waals surface area (Å²) in [5, 5.41) is 5.25. The number of oxazole rings is 1. The van der Waals surface area contributed by atoms with E-state index in [9.17, 15) is 9.59 Å². The number of carbonyl (C=O) groups is 2. The molecule has 0 radical (unpaired) electrons. The molecule has 2 rings (SSSR count). The van der Waals surface area contributed by atoms with Crippen LogP contribution in [-0.4, -0.2) is 28.4 Å². The number of nitrogens with zero attached hydrogens (tertiary/aromatic N) is 1. The summed E-state index contributed by atoms with van der Waals surface area (Å²) in [7, 11) is 0. The second-order valence-corrected chi connectivity index (χ2v) is 4.51. The van der Waals surface area contributed by atoms with Crippen LogP contribution in [0, 0.1) is 0 Å². The van der Waals surface area contributed by atoms with E-state index in [1.54, 1.807) is 13.8 Å². The standard InChI is InChI=1S/C10H14N4O3/c1-10(2)9(16)12-5(8(15)14-10)3-7-13-6(11)4-17-7/h4-5H,3,11H2,1-2H3,(H,12,16)(H,14,15). The van der Waals surface area contributed by atoms with E-state index < -0.39 is 11.6 Å². The van der Waals surface area contributed by atoms with Crippen molar-refractivity contribution in [3.8, 4) is 0 Å². The minimum Gasteiger partial charge on any atom is -0.447 e. The molecule has 1 fully saturated rings. The molecule has 1 aliphatic heterocycles. The van der Waals surface area contributed by atoms with Gasteiger partial charge >= 0.3 is 0 Å². The number of rotatable bonds is 2. The zero-order valence-corrected chi connectivity index (χ0v) is 9.61. The molecule has 0 spiro atoms. The Morgan fingerprint density at radius 3 is 2.82 bits per heavy atom. The van der Waals surface area contributed by atoms with Crippen LogP contribution in [0.3, 0.4) is 0 Å². The predicted molar refractivity (Wildman–Crippen MR) is 58.8 cm³/mol. The van der Waals surface area contributed by atoms with E-state index in [2.05, 4.69) is 15.6 Å². The fourth-order valence-electron chi connectivity index (χ4n) is 1.59. The summed E-state index contributed by atoms with van der Waals surface area (Å²) in [4.78, 5) is 27.3. The van der Waals surface area contributed by atoms with E-state index in [0.29, 0.717) is 5.89 Å². The molecule has 7 nitrogen and oxygen atoms in total. The van der Waals surface area contributed by atoms with Crippen molar-refractivity contribution in [3.05, 3.63) is 12.2 Å². The van der Waals surface area contributed by atoms with E-state index in [1.165, 1.54) is 6.26 Å². The summed E-state index contributed by atoms with van der Waals surface area (Å²) in [6, 6.07) is -0.673. The lowest BCUT2D eigenvalue weighted by Crippen LogP contribution is -2.67. The van der Waals surface area contributed by atoms with Crippen molar-refractivity contribution in [3.63, 3.8) is 0 Å². The highest BCUT2D eigenvalue weighted by Crippen LogP contribution is 2.12. The van der Waals surface area contributed by atoms with Crippen molar-refractivity contribution in [2.24, 2.45) is 0 Å². The minimum absolute atomic E-state index is 0.185. The highest BCUT2D eigenvalue weighted by molar-refractivity contribution is 5.99. The maximum absolute atomic E-state index is 11.7. The lowest BCUT2D eigenvalue weighted by Gasteiger charge is -2.34. The number of amides is 2. The number of anilines is 1. The van der Waals surface area contributed by atoms with Crippen LogP contribution in [0.5, 0.6) is 0 Å². The molecule has 2 heterocycles. The molecule has 1 aliphatic rings. The summed E-state index contributed by atoms with van der Waals surface area (Å²) in [6.45, 7) is 3.28. The van der Waals surface area contributed by atoms with Gasteiger partial charge in [-0.05, 0) is 13.8 Å². The molecule has 1 unspecified atom stereocenters. The second kappa shape index (κ2) is 3.76. The highest BCUT2D eigenvalue weighted by Gasteiger charge is 2.39. The third kappa shape index (κ3) is 2.22. The van der Waals surface area contributed by atoms with Crippen molar-refractivity contribution >= 4 is 17.6 Å². The molecule has 0 aromatic carbocycles. The van der Waals surface area contributed by atoms with Crippen molar-refractivity contribution < 1.29 is 14.0 Å². The van der Waals surface area contributed by atoms with Gasteiger partial charge in [-0.25, -0.2) is 0 Å². The van der Waals surface area contributed by atoms with Crippen molar-refractivity contribution in [2.75, 3.05) is 5.73 Å². The van der Waals surface area contributed by atoms with E-state index in [0.717, 1.165) is 0 Å². The fraction of sp³-hybridized carbons (Fsp3) is 0.500. The first-order valence-electron chi connectivity index (χ1n) is 5.21. The summed E-state index contributed by atoms with van der Waals surface area (Å²) >= 11 is 0. The molecule has 1 saturated heterocycles. The van der Waals surface area contributed by atoms with Gasteiger partial charge in [-0.15, -0.1) is 0 Å². The summed E-state index contributed by atoms with van der Waals surface area (Å²) < 4.78 is 5.04. The van der Waals surface area contributed by atoms with Crippen LogP contribution in [-0.2, 0) is 16.0 Å². The zero-order valence-electron chi connectivity index (χ0n) is 9.61. The Hall–Kier alpha value is -2.05. The Kier molecular flexibility index (Phi) is 2.53. The van der Waals surface area contributed by atoms with Crippen LogP contribution in [0.4, 0.5) is 5.82 Å². The van der Waals surface area contributed by atoms with Gasteiger partial charge in [-0.3, -0.25) is 9.59 Å². The average Bonchev–Trinajstić information content (AvgIpc) is 2.60. The summed E-state index contributed by atoms with van der Waals surface area (Å²) in [5.41, 5.74) is 4.51. The largest absolute Gasteiger partial charge is 0.447 e. The monoisotopic (exact) mass is 238 g/mol. The molecule has 0 aliphatic carbocycles. The van der Waals surface area contributed by atoms with E-state index in [1.807, 2.05) is 0 Å². The number of nitrogens with two attached hydrogens (primary N) is 1. The Morgan fingerprint density at radius 1 is 1.53 bits per heavy atom. The molecular weight excluding hydrogens is 224 g/mol. The first kappa shape index (κ1) is 11.4. The Labute approximate surface area is 97.8 Å². The molecule has 0 saturated carbocycles. The third-order valence-corrected chi connectivity index (χ3v) is 2.57. The topological polar surface area (TPSA) is 110 Å². The van der Waals surface area contributed by atoms with Gasteiger partial charge in [-0.1, -0.05) is 0 Å². The van der Waals surface area contributed by atoms with Crippen LogP contribution >= 0.6 is 0 Å². The first-order valence-corrected chi connectivity index (χ1v) is 5.21. The number of aromatic nitrogens is 1. The molecule has 4 N–H and O–H groups in total.